The fourth-order valence-electron chi connectivity index (χ4n) is 2.80. The van der Waals surface area contributed by atoms with E-state index in [1.54, 1.807) is 6.20 Å². The second-order valence-electron chi connectivity index (χ2n) is 5.45. The Kier molecular flexibility index (Phi) is 3.78. The molecule has 0 amide bonds. The van der Waals surface area contributed by atoms with Crippen molar-refractivity contribution in [3.63, 3.8) is 0 Å². The van der Waals surface area contributed by atoms with Gasteiger partial charge in [-0.25, -0.2) is 0 Å². The number of hydrogen-bond donors (Lipinski definition) is 1. The normalized spacial score (nSPS) is 22.9. The topological polar surface area (TPSA) is 77.8 Å². The molecule has 1 saturated carbocycles. The predicted molar refractivity (Wildman–Crippen MR) is 76.1 cm³/mol. The first-order valence-corrected chi connectivity index (χ1v) is 7.30. The molecule has 106 valence electrons. The third-order valence-corrected chi connectivity index (χ3v) is 4.09. The Bertz CT molecular complexity index is 573. The van der Waals surface area contributed by atoms with E-state index >= 15 is 0 Å². The van der Waals surface area contributed by atoms with Crippen molar-refractivity contribution in [2.45, 2.75) is 51.0 Å². The van der Waals surface area contributed by atoms with Crippen molar-refractivity contribution in [1.29, 1.82) is 0 Å². The van der Waals surface area contributed by atoms with Gasteiger partial charge in [-0.15, -0.1) is 0 Å². The molecule has 2 heterocycles. The van der Waals surface area contributed by atoms with Gasteiger partial charge >= 0.3 is 0 Å². The van der Waals surface area contributed by atoms with Gasteiger partial charge in [0.25, 0.3) is 0 Å². The zero-order chi connectivity index (χ0) is 13.9. The summed E-state index contributed by atoms with van der Waals surface area (Å²) in [6.07, 6.45) is 8.70. The molecule has 2 N–H and O–H groups in total. The van der Waals surface area contributed by atoms with E-state index in [-0.39, 0.29) is 0 Å². The molecule has 1 aliphatic carbocycles. The zero-order valence-corrected chi connectivity index (χ0v) is 11.7. The molecule has 0 radical (unpaired) electrons. The highest BCUT2D eigenvalue weighted by Crippen LogP contribution is 2.32. The van der Waals surface area contributed by atoms with Crippen LogP contribution in [0.3, 0.4) is 0 Å². The zero-order valence-electron chi connectivity index (χ0n) is 11.7. The van der Waals surface area contributed by atoms with Crippen LogP contribution in [0.15, 0.2) is 23.0 Å². The van der Waals surface area contributed by atoms with Gasteiger partial charge in [0.2, 0.25) is 11.7 Å². The van der Waals surface area contributed by atoms with Crippen LogP contribution in [0.4, 0.5) is 0 Å². The largest absolute Gasteiger partial charge is 0.339 e. The minimum atomic E-state index is 0.334. The summed E-state index contributed by atoms with van der Waals surface area (Å²) in [5.74, 6) is 1.79. The molecule has 1 fully saturated rings. The summed E-state index contributed by atoms with van der Waals surface area (Å²) in [6, 6.07) is 2.28. The van der Waals surface area contributed by atoms with Crippen LogP contribution in [0.25, 0.3) is 11.4 Å². The first-order chi connectivity index (χ1) is 9.78. The second kappa shape index (κ2) is 5.71. The van der Waals surface area contributed by atoms with E-state index in [1.807, 2.05) is 12.3 Å². The van der Waals surface area contributed by atoms with Gasteiger partial charge in [0.1, 0.15) is 0 Å². The maximum absolute atomic E-state index is 5.94. The Balaban J connectivity index is 1.83. The van der Waals surface area contributed by atoms with Gasteiger partial charge in [-0.1, -0.05) is 12.1 Å². The lowest BCUT2D eigenvalue weighted by molar-refractivity contribution is 0.301. The fraction of sp³-hybridized carbons (Fsp3) is 0.533. The van der Waals surface area contributed by atoms with Crippen LogP contribution >= 0.6 is 0 Å². The van der Waals surface area contributed by atoms with Gasteiger partial charge in [0.15, 0.2) is 0 Å². The molecule has 0 aliphatic heterocycles. The van der Waals surface area contributed by atoms with Crippen molar-refractivity contribution in [2.24, 2.45) is 5.73 Å². The Morgan fingerprint density at radius 2 is 2.10 bits per heavy atom. The van der Waals surface area contributed by atoms with Gasteiger partial charge in [-0.05, 0) is 43.7 Å². The van der Waals surface area contributed by atoms with E-state index in [0.717, 1.165) is 49.1 Å². The van der Waals surface area contributed by atoms with Crippen molar-refractivity contribution in [2.75, 3.05) is 0 Å². The van der Waals surface area contributed by atoms with E-state index in [2.05, 4.69) is 22.0 Å². The molecule has 5 heteroatoms. The van der Waals surface area contributed by atoms with E-state index in [4.69, 9.17) is 10.3 Å². The van der Waals surface area contributed by atoms with Crippen LogP contribution in [0, 0.1) is 0 Å². The molecule has 20 heavy (non-hydrogen) atoms. The average molecular weight is 272 g/mol. The molecule has 1 aliphatic rings. The van der Waals surface area contributed by atoms with Crippen molar-refractivity contribution < 1.29 is 4.52 Å². The predicted octanol–water partition coefficient (Wildman–Crippen LogP) is 2.68. The first kappa shape index (κ1) is 13.2. The van der Waals surface area contributed by atoms with Crippen LogP contribution in [0.2, 0.25) is 0 Å². The van der Waals surface area contributed by atoms with Crippen molar-refractivity contribution in [3.05, 3.63) is 29.9 Å². The lowest BCUT2D eigenvalue weighted by atomic mass is 9.86. The maximum atomic E-state index is 5.94. The minimum Gasteiger partial charge on any atom is -0.339 e. The average Bonchev–Trinajstić information content (AvgIpc) is 2.97. The molecule has 5 nitrogen and oxygen atoms in total. The lowest BCUT2D eigenvalue weighted by Gasteiger charge is -2.22. The molecular weight excluding hydrogens is 252 g/mol. The Morgan fingerprint density at radius 1 is 1.30 bits per heavy atom. The molecule has 0 unspecified atom stereocenters. The summed E-state index contributed by atoms with van der Waals surface area (Å²) in [7, 11) is 0. The molecule has 0 atom stereocenters. The summed E-state index contributed by atoms with van der Waals surface area (Å²) in [6.45, 7) is 2.10. The number of nitrogens with zero attached hydrogens (tertiary/aromatic N) is 3. The molecule has 2 aromatic rings. The smallest absolute Gasteiger partial charge is 0.230 e. The monoisotopic (exact) mass is 272 g/mol. The molecule has 3 rings (SSSR count). The molecule has 0 saturated heterocycles. The number of aryl methyl sites for hydroxylation is 1. The number of aromatic nitrogens is 3. The Hall–Kier alpha value is -1.75. The van der Waals surface area contributed by atoms with Gasteiger partial charge in [0, 0.05) is 29.9 Å². The quantitative estimate of drug-likeness (QED) is 0.929. The minimum absolute atomic E-state index is 0.334. The van der Waals surface area contributed by atoms with Gasteiger partial charge in [-0.3, -0.25) is 4.98 Å². The van der Waals surface area contributed by atoms with Gasteiger partial charge < -0.3 is 10.3 Å². The Labute approximate surface area is 118 Å². The highest BCUT2D eigenvalue weighted by molar-refractivity contribution is 5.58. The summed E-state index contributed by atoms with van der Waals surface area (Å²) in [5, 5.41) is 4.14. The molecule has 0 bridgehead atoms. The highest BCUT2D eigenvalue weighted by atomic mass is 16.5. The van der Waals surface area contributed by atoms with Crippen LogP contribution in [0.5, 0.6) is 0 Å². The summed E-state index contributed by atoms with van der Waals surface area (Å²) in [5.41, 5.74) is 8.10. The fourth-order valence-corrected chi connectivity index (χ4v) is 2.80. The van der Waals surface area contributed by atoms with Crippen molar-refractivity contribution in [1.82, 2.24) is 15.1 Å². The standard InChI is InChI=1S/C15H20N4O/c1-2-10-9-17-8-7-13(10)14-18-15(20-19-14)11-3-5-12(16)6-4-11/h7-9,11-12H,2-6,16H2,1H3. The van der Waals surface area contributed by atoms with Crippen LogP contribution in [-0.4, -0.2) is 21.2 Å². The van der Waals surface area contributed by atoms with Gasteiger partial charge in [-0.2, -0.15) is 4.98 Å². The number of nitrogens with two attached hydrogens (primary N) is 1. The maximum Gasteiger partial charge on any atom is 0.230 e. The molecule has 2 aromatic heterocycles. The first-order valence-electron chi connectivity index (χ1n) is 7.30. The van der Waals surface area contributed by atoms with E-state index in [9.17, 15) is 0 Å². The van der Waals surface area contributed by atoms with E-state index in [0.29, 0.717) is 17.8 Å². The van der Waals surface area contributed by atoms with Crippen molar-refractivity contribution in [3.8, 4) is 11.4 Å². The van der Waals surface area contributed by atoms with Gasteiger partial charge in [0.05, 0.1) is 0 Å². The van der Waals surface area contributed by atoms with E-state index in [1.165, 1.54) is 0 Å². The number of rotatable bonds is 3. The Morgan fingerprint density at radius 3 is 2.85 bits per heavy atom. The third-order valence-electron chi connectivity index (χ3n) is 4.09. The third kappa shape index (κ3) is 2.58. The van der Waals surface area contributed by atoms with Crippen LogP contribution < -0.4 is 5.73 Å². The summed E-state index contributed by atoms with van der Waals surface area (Å²) >= 11 is 0. The summed E-state index contributed by atoms with van der Waals surface area (Å²) in [4.78, 5) is 8.74. The highest BCUT2D eigenvalue weighted by Gasteiger charge is 2.25. The molecular formula is C15H20N4O. The molecule has 0 spiro atoms. The summed E-state index contributed by atoms with van der Waals surface area (Å²) < 4.78 is 5.47. The van der Waals surface area contributed by atoms with E-state index < -0.39 is 0 Å². The molecule has 0 aromatic carbocycles. The van der Waals surface area contributed by atoms with Crippen LogP contribution in [0.1, 0.15) is 50.0 Å². The second-order valence-corrected chi connectivity index (χ2v) is 5.45. The lowest BCUT2D eigenvalue weighted by Crippen LogP contribution is -2.25. The van der Waals surface area contributed by atoms with Crippen LogP contribution in [-0.2, 0) is 6.42 Å². The number of hydrogen-bond acceptors (Lipinski definition) is 5. The van der Waals surface area contributed by atoms with Crippen molar-refractivity contribution >= 4 is 0 Å². The number of pyridine rings is 1. The SMILES string of the molecule is CCc1cnccc1-c1noc(C2CCC(N)CC2)n1.